The molecule has 0 spiro atoms. The highest BCUT2D eigenvalue weighted by Crippen LogP contribution is 2.25. The zero-order valence-electron chi connectivity index (χ0n) is 11.7. The minimum atomic E-state index is 0.758. The SMILES string of the molecule is CCc1nn(C)cc1-c1cccc(CNC2CC2)c1. The molecule has 1 aliphatic rings. The Balaban J connectivity index is 1.84. The summed E-state index contributed by atoms with van der Waals surface area (Å²) in [6, 6.07) is 9.56. The quantitative estimate of drug-likeness (QED) is 0.890. The molecule has 1 fully saturated rings. The Morgan fingerprint density at radius 2 is 2.21 bits per heavy atom. The molecule has 0 bridgehead atoms. The first kappa shape index (κ1) is 12.4. The summed E-state index contributed by atoms with van der Waals surface area (Å²) in [4.78, 5) is 0. The molecule has 19 heavy (non-hydrogen) atoms. The molecular weight excluding hydrogens is 234 g/mol. The second kappa shape index (κ2) is 5.17. The van der Waals surface area contributed by atoms with Gasteiger partial charge in [0.25, 0.3) is 0 Å². The van der Waals surface area contributed by atoms with Crippen LogP contribution in [0.4, 0.5) is 0 Å². The van der Waals surface area contributed by atoms with Crippen LogP contribution in [0, 0.1) is 0 Å². The Kier molecular flexibility index (Phi) is 3.38. The maximum Gasteiger partial charge on any atom is 0.0700 e. The molecule has 1 heterocycles. The molecule has 3 rings (SSSR count). The van der Waals surface area contributed by atoms with Gasteiger partial charge < -0.3 is 5.32 Å². The van der Waals surface area contributed by atoms with Gasteiger partial charge in [-0.3, -0.25) is 4.68 Å². The lowest BCUT2D eigenvalue weighted by Crippen LogP contribution is -2.15. The zero-order chi connectivity index (χ0) is 13.2. The van der Waals surface area contributed by atoms with E-state index in [9.17, 15) is 0 Å². The third-order valence-corrected chi connectivity index (χ3v) is 3.65. The van der Waals surface area contributed by atoms with Crippen molar-refractivity contribution < 1.29 is 0 Å². The van der Waals surface area contributed by atoms with Crippen LogP contribution < -0.4 is 5.32 Å². The summed E-state index contributed by atoms with van der Waals surface area (Å²) < 4.78 is 1.91. The van der Waals surface area contributed by atoms with Gasteiger partial charge in [-0.15, -0.1) is 0 Å². The van der Waals surface area contributed by atoms with Gasteiger partial charge >= 0.3 is 0 Å². The van der Waals surface area contributed by atoms with E-state index in [4.69, 9.17) is 0 Å². The molecule has 100 valence electrons. The van der Waals surface area contributed by atoms with Gasteiger partial charge in [-0.2, -0.15) is 5.10 Å². The Hall–Kier alpha value is -1.61. The van der Waals surface area contributed by atoms with E-state index in [1.54, 1.807) is 0 Å². The first-order valence-electron chi connectivity index (χ1n) is 7.11. The number of hydrogen-bond acceptors (Lipinski definition) is 2. The van der Waals surface area contributed by atoms with E-state index in [0.717, 1.165) is 19.0 Å². The number of rotatable bonds is 5. The van der Waals surface area contributed by atoms with Gasteiger partial charge in [0.05, 0.1) is 5.69 Å². The Morgan fingerprint density at radius 3 is 2.95 bits per heavy atom. The molecule has 1 N–H and O–H groups in total. The van der Waals surface area contributed by atoms with E-state index in [2.05, 4.69) is 47.8 Å². The average molecular weight is 255 g/mol. The molecule has 3 heteroatoms. The molecule has 0 atom stereocenters. The molecule has 0 saturated heterocycles. The molecule has 0 aliphatic heterocycles. The van der Waals surface area contributed by atoms with Gasteiger partial charge in [-0.25, -0.2) is 0 Å². The third kappa shape index (κ3) is 2.87. The summed E-state index contributed by atoms with van der Waals surface area (Å²) >= 11 is 0. The molecule has 1 aromatic heterocycles. The normalized spacial score (nSPS) is 14.8. The van der Waals surface area contributed by atoms with Gasteiger partial charge in [0.15, 0.2) is 0 Å². The van der Waals surface area contributed by atoms with E-state index in [0.29, 0.717) is 0 Å². The van der Waals surface area contributed by atoms with E-state index < -0.39 is 0 Å². The second-order valence-electron chi connectivity index (χ2n) is 5.37. The molecule has 3 nitrogen and oxygen atoms in total. The molecule has 1 saturated carbocycles. The zero-order valence-corrected chi connectivity index (χ0v) is 11.7. The van der Waals surface area contributed by atoms with Crippen LogP contribution in [0.15, 0.2) is 30.5 Å². The van der Waals surface area contributed by atoms with E-state index in [1.165, 1.54) is 35.2 Å². The second-order valence-corrected chi connectivity index (χ2v) is 5.37. The van der Waals surface area contributed by atoms with Crippen LogP contribution >= 0.6 is 0 Å². The lowest BCUT2D eigenvalue weighted by Gasteiger charge is -2.06. The predicted octanol–water partition coefficient (Wildman–Crippen LogP) is 2.90. The van der Waals surface area contributed by atoms with Crippen LogP contribution in [0.1, 0.15) is 31.0 Å². The topological polar surface area (TPSA) is 29.9 Å². The van der Waals surface area contributed by atoms with Crippen molar-refractivity contribution in [2.24, 2.45) is 7.05 Å². The Morgan fingerprint density at radius 1 is 1.37 bits per heavy atom. The highest BCUT2D eigenvalue weighted by atomic mass is 15.2. The van der Waals surface area contributed by atoms with E-state index in [1.807, 2.05) is 11.7 Å². The van der Waals surface area contributed by atoms with E-state index >= 15 is 0 Å². The van der Waals surface area contributed by atoms with Crippen LogP contribution in [0.5, 0.6) is 0 Å². The summed E-state index contributed by atoms with van der Waals surface area (Å²) in [5.41, 5.74) is 5.07. The molecule has 1 aromatic carbocycles. The lowest BCUT2D eigenvalue weighted by atomic mass is 10.0. The van der Waals surface area contributed by atoms with E-state index in [-0.39, 0.29) is 0 Å². The summed E-state index contributed by atoms with van der Waals surface area (Å²) in [5, 5.41) is 8.08. The Bertz CT molecular complexity index is 567. The van der Waals surface area contributed by atoms with Crippen molar-refractivity contribution in [1.29, 1.82) is 0 Å². The standard InChI is InChI=1S/C16H21N3/c1-3-16-15(11-19(2)18-16)13-6-4-5-12(9-13)10-17-14-7-8-14/h4-6,9,11,14,17H,3,7-8,10H2,1-2H3. The minimum absolute atomic E-state index is 0.758. The van der Waals surface area contributed by atoms with Gasteiger partial charge in [0.1, 0.15) is 0 Å². The predicted molar refractivity (Wildman–Crippen MR) is 77.9 cm³/mol. The van der Waals surface area contributed by atoms with Crippen molar-refractivity contribution in [2.45, 2.75) is 38.8 Å². The monoisotopic (exact) mass is 255 g/mol. The van der Waals surface area contributed by atoms with Gasteiger partial charge in [0, 0.05) is 31.4 Å². The fourth-order valence-corrected chi connectivity index (χ4v) is 2.44. The smallest absolute Gasteiger partial charge is 0.0700 e. The largest absolute Gasteiger partial charge is 0.310 e. The summed E-state index contributed by atoms with van der Waals surface area (Å²) in [6.07, 6.45) is 5.76. The summed E-state index contributed by atoms with van der Waals surface area (Å²) in [7, 11) is 1.99. The molecule has 0 amide bonds. The number of aryl methyl sites for hydroxylation is 2. The average Bonchev–Trinajstić information content (AvgIpc) is 3.18. The Labute approximate surface area is 114 Å². The maximum atomic E-state index is 4.52. The highest BCUT2D eigenvalue weighted by molar-refractivity contribution is 5.66. The van der Waals surface area contributed by atoms with Crippen molar-refractivity contribution in [3.8, 4) is 11.1 Å². The minimum Gasteiger partial charge on any atom is -0.310 e. The first-order valence-corrected chi connectivity index (χ1v) is 7.11. The fraction of sp³-hybridized carbons (Fsp3) is 0.438. The van der Waals surface area contributed by atoms with Crippen LogP contribution in [-0.2, 0) is 20.0 Å². The molecule has 0 unspecified atom stereocenters. The number of hydrogen-bond donors (Lipinski definition) is 1. The number of aromatic nitrogens is 2. The van der Waals surface area contributed by atoms with Crippen LogP contribution in [-0.4, -0.2) is 15.8 Å². The van der Waals surface area contributed by atoms with Crippen LogP contribution in [0.3, 0.4) is 0 Å². The van der Waals surface area contributed by atoms with Crippen molar-refractivity contribution in [3.05, 3.63) is 41.7 Å². The van der Waals surface area contributed by atoms with Crippen LogP contribution in [0.2, 0.25) is 0 Å². The number of nitrogens with zero attached hydrogens (tertiary/aromatic N) is 2. The van der Waals surface area contributed by atoms with Crippen molar-refractivity contribution in [2.75, 3.05) is 0 Å². The van der Waals surface area contributed by atoms with Crippen molar-refractivity contribution in [1.82, 2.24) is 15.1 Å². The molecule has 2 aromatic rings. The maximum absolute atomic E-state index is 4.52. The first-order chi connectivity index (χ1) is 9.26. The summed E-state index contributed by atoms with van der Waals surface area (Å²) in [5.74, 6) is 0. The van der Waals surface area contributed by atoms with Gasteiger partial charge in [0.2, 0.25) is 0 Å². The van der Waals surface area contributed by atoms with Crippen molar-refractivity contribution >= 4 is 0 Å². The van der Waals surface area contributed by atoms with Crippen molar-refractivity contribution in [3.63, 3.8) is 0 Å². The number of nitrogens with one attached hydrogen (secondary N) is 1. The molecule has 0 radical (unpaired) electrons. The van der Waals surface area contributed by atoms with Gasteiger partial charge in [-0.1, -0.05) is 25.1 Å². The number of benzene rings is 1. The third-order valence-electron chi connectivity index (χ3n) is 3.65. The molecular formula is C16H21N3. The summed E-state index contributed by atoms with van der Waals surface area (Å²) in [6.45, 7) is 3.13. The fourth-order valence-electron chi connectivity index (χ4n) is 2.44. The highest BCUT2D eigenvalue weighted by Gasteiger charge is 2.20. The van der Waals surface area contributed by atoms with Gasteiger partial charge in [-0.05, 0) is 36.5 Å². The lowest BCUT2D eigenvalue weighted by molar-refractivity contribution is 0.688. The molecule has 1 aliphatic carbocycles. The van der Waals surface area contributed by atoms with Crippen LogP contribution in [0.25, 0.3) is 11.1 Å².